The number of hydrogen-bond donors (Lipinski definition) is 1. The normalized spacial score (nSPS) is 10.5. The Morgan fingerprint density at radius 1 is 1.37 bits per heavy atom. The number of pyridine rings is 1. The van der Waals surface area contributed by atoms with E-state index in [-0.39, 0.29) is 5.82 Å². The summed E-state index contributed by atoms with van der Waals surface area (Å²) < 4.78 is 19.2. The van der Waals surface area contributed by atoms with E-state index >= 15 is 0 Å². The topological polar surface area (TPSA) is 34.2 Å². The molecule has 1 heterocycles. The summed E-state index contributed by atoms with van der Waals surface area (Å²) in [6, 6.07) is 8.32. The summed E-state index contributed by atoms with van der Waals surface area (Å²) in [7, 11) is 0. The Morgan fingerprint density at radius 3 is 2.95 bits per heavy atom. The van der Waals surface area contributed by atoms with Gasteiger partial charge >= 0.3 is 0 Å². The maximum atomic E-state index is 13.2. The van der Waals surface area contributed by atoms with Crippen molar-refractivity contribution in [3.05, 3.63) is 52.4 Å². The third-order valence-electron chi connectivity index (χ3n) is 2.52. The van der Waals surface area contributed by atoms with E-state index < -0.39 is 0 Å². The molecule has 19 heavy (non-hydrogen) atoms. The zero-order chi connectivity index (χ0) is 13.7. The summed E-state index contributed by atoms with van der Waals surface area (Å²) >= 11 is 3.13. The fraction of sp³-hybridized carbons (Fsp3) is 0.214. The maximum absolute atomic E-state index is 13.2. The van der Waals surface area contributed by atoms with Gasteiger partial charge in [0.25, 0.3) is 0 Å². The van der Waals surface area contributed by atoms with E-state index in [0.717, 1.165) is 12.1 Å². The first kappa shape index (κ1) is 14.0. The first-order chi connectivity index (χ1) is 9.20. The van der Waals surface area contributed by atoms with Crippen LogP contribution in [0.2, 0.25) is 0 Å². The van der Waals surface area contributed by atoms with Crippen molar-refractivity contribution in [2.75, 3.05) is 6.54 Å². The molecule has 1 aromatic carbocycles. The first-order valence-corrected chi connectivity index (χ1v) is 6.77. The molecule has 2 aromatic rings. The summed E-state index contributed by atoms with van der Waals surface area (Å²) in [5.41, 5.74) is 0.963. The van der Waals surface area contributed by atoms with E-state index in [4.69, 9.17) is 4.74 Å². The maximum Gasteiger partial charge on any atom is 0.223 e. The van der Waals surface area contributed by atoms with Crippen LogP contribution in [0.3, 0.4) is 0 Å². The Kier molecular flexibility index (Phi) is 4.87. The molecule has 0 fully saturated rings. The van der Waals surface area contributed by atoms with Gasteiger partial charge in [-0.2, -0.15) is 0 Å². The number of halogens is 2. The van der Waals surface area contributed by atoms with Crippen LogP contribution >= 0.6 is 15.9 Å². The second-order valence-corrected chi connectivity index (χ2v) is 4.78. The standard InChI is InChI=1S/C14H14BrFN2O/c1-2-17-9-10-4-3-7-18-14(10)19-11-5-6-13(16)12(15)8-11/h3-8,17H,2,9H2,1H3. The Balaban J connectivity index is 2.20. The molecule has 1 N–H and O–H groups in total. The van der Waals surface area contributed by atoms with Crippen LogP contribution < -0.4 is 10.1 Å². The lowest BCUT2D eigenvalue weighted by molar-refractivity contribution is 0.451. The molecule has 0 atom stereocenters. The van der Waals surface area contributed by atoms with E-state index in [9.17, 15) is 4.39 Å². The van der Waals surface area contributed by atoms with Gasteiger partial charge in [0.15, 0.2) is 0 Å². The highest BCUT2D eigenvalue weighted by molar-refractivity contribution is 9.10. The molecule has 100 valence electrons. The molecule has 5 heteroatoms. The van der Waals surface area contributed by atoms with Gasteiger partial charge in [0.2, 0.25) is 5.88 Å². The first-order valence-electron chi connectivity index (χ1n) is 5.98. The number of nitrogens with one attached hydrogen (secondary N) is 1. The predicted molar refractivity (Wildman–Crippen MR) is 75.8 cm³/mol. The fourth-order valence-corrected chi connectivity index (χ4v) is 1.92. The molecule has 0 aliphatic heterocycles. The lowest BCUT2D eigenvalue weighted by Crippen LogP contribution is -2.12. The van der Waals surface area contributed by atoms with Crippen LogP contribution in [0.4, 0.5) is 4.39 Å². The van der Waals surface area contributed by atoms with Crippen molar-refractivity contribution in [2.24, 2.45) is 0 Å². The van der Waals surface area contributed by atoms with Gasteiger partial charge in [0.1, 0.15) is 11.6 Å². The Bertz CT molecular complexity index is 563. The number of benzene rings is 1. The van der Waals surface area contributed by atoms with Gasteiger partial charge in [-0.15, -0.1) is 0 Å². The van der Waals surface area contributed by atoms with Crippen molar-refractivity contribution >= 4 is 15.9 Å². The minimum Gasteiger partial charge on any atom is -0.439 e. The largest absolute Gasteiger partial charge is 0.439 e. The molecule has 0 radical (unpaired) electrons. The predicted octanol–water partition coefficient (Wildman–Crippen LogP) is 3.89. The van der Waals surface area contributed by atoms with Gasteiger partial charge in [-0.05, 0) is 46.7 Å². The van der Waals surface area contributed by atoms with Crippen molar-refractivity contribution in [2.45, 2.75) is 13.5 Å². The second-order valence-electron chi connectivity index (χ2n) is 3.93. The lowest BCUT2D eigenvalue weighted by Gasteiger charge is -2.10. The Labute approximate surface area is 119 Å². The van der Waals surface area contributed by atoms with Gasteiger partial charge in [-0.3, -0.25) is 0 Å². The smallest absolute Gasteiger partial charge is 0.223 e. The van der Waals surface area contributed by atoms with E-state index in [1.165, 1.54) is 6.07 Å². The highest BCUT2D eigenvalue weighted by Gasteiger charge is 2.07. The van der Waals surface area contributed by atoms with Crippen LogP contribution in [0.1, 0.15) is 12.5 Å². The molecule has 0 amide bonds. The zero-order valence-electron chi connectivity index (χ0n) is 10.5. The SMILES string of the molecule is CCNCc1cccnc1Oc1ccc(F)c(Br)c1. The summed E-state index contributed by atoms with van der Waals surface area (Å²) in [4.78, 5) is 4.21. The molecular formula is C14H14BrFN2O. The Morgan fingerprint density at radius 2 is 2.21 bits per heavy atom. The molecule has 3 nitrogen and oxygen atoms in total. The van der Waals surface area contributed by atoms with Crippen LogP contribution in [0, 0.1) is 5.82 Å². The second kappa shape index (κ2) is 6.63. The van der Waals surface area contributed by atoms with Crippen LogP contribution in [0.25, 0.3) is 0 Å². The summed E-state index contributed by atoms with van der Waals surface area (Å²) in [6.45, 7) is 3.59. The summed E-state index contributed by atoms with van der Waals surface area (Å²) in [6.07, 6.45) is 1.67. The molecular weight excluding hydrogens is 311 g/mol. The number of aromatic nitrogens is 1. The van der Waals surface area contributed by atoms with E-state index in [1.54, 1.807) is 18.3 Å². The molecule has 0 unspecified atom stereocenters. The minimum atomic E-state index is -0.318. The average Bonchev–Trinajstić information content (AvgIpc) is 2.42. The molecule has 0 saturated carbocycles. The van der Waals surface area contributed by atoms with Crippen molar-refractivity contribution in [1.82, 2.24) is 10.3 Å². The molecule has 0 spiro atoms. The minimum absolute atomic E-state index is 0.318. The zero-order valence-corrected chi connectivity index (χ0v) is 12.1. The monoisotopic (exact) mass is 324 g/mol. The van der Waals surface area contributed by atoms with Gasteiger partial charge in [-0.25, -0.2) is 9.37 Å². The van der Waals surface area contributed by atoms with E-state index in [0.29, 0.717) is 22.6 Å². The van der Waals surface area contributed by atoms with Gasteiger partial charge in [0, 0.05) is 18.3 Å². The van der Waals surface area contributed by atoms with Gasteiger partial charge < -0.3 is 10.1 Å². The van der Waals surface area contributed by atoms with Crippen LogP contribution in [0.5, 0.6) is 11.6 Å². The highest BCUT2D eigenvalue weighted by Crippen LogP contribution is 2.27. The molecule has 1 aromatic heterocycles. The number of rotatable bonds is 5. The number of ether oxygens (including phenoxy) is 1. The van der Waals surface area contributed by atoms with E-state index in [1.807, 2.05) is 19.1 Å². The number of hydrogen-bond acceptors (Lipinski definition) is 3. The van der Waals surface area contributed by atoms with Gasteiger partial charge in [-0.1, -0.05) is 13.0 Å². The average molecular weight is 325 g/mol. The molecule has 2 rings (SSSR count). The summed E-state index contributed by atoms with van der Waals surface area (Å²) in [5.74, 6) is 0.757. The van der Waals surface area contributed by atoms with Crippen LogP contribution in [-0.2, 0) is 6.54 Å². The third-order valence-corrected chi connectivity index (χ3v) is 3.13. The highest BCUT2D eigenvalue weighted by atomic mass is 79.9. The van der Waals surface area contributed by atoms with Crippen molar-refractivity contribution in [3.8, 4) is 11.6 Å². The van der Waals surface area contributed by atoms with Crippen LogP contribution in [0.15, 0.2) is 41.0 Å². The van der Waals surface area contributed by atoms with Gasteiger partial charge in [0.05, 0.1) is 4.47 Å². The molecule has 0 aliphatic carbocycles. The third kappa shape index (κ3) is 3.75. The van der Waals surface area contributed by atoms with Crippen molar-refractivity contribution in [1.29, 1.82) is 0 Å². The van der Waals surface area contributed by atoms with Crippen molar-refractivity contribution < 1.29 is 9.13 Å². The molecule has 0 bridgehead atoms. The lowest BCUT2D eigenvalue weighted by atomic mass is 10.2. The van der Waals surface area contributed by atoms with Crippen LogP contribution in [-0.4, -0.2) is 11.5 Å². The van der Waals surface area contributed by atoms with Crippen molar-refractivity contribution in [3.63, 3.8) is 0 Å². The summed E-state index contributed by atoms with van der Waals surface area (Å²) in [5, 5.41) is 3.22. The Hall–Kier alpha value is -1.46. The number of nitrogens with zero attached hydrogens (tertiary/aromatic N) is 1. The van der Waals surface area contributed by atoms with E-state index in [2.05, 4.69) is 26.2 Å². The fourth-order valence-electron chi connectivity index (χ4n) is 1.56. The quantitative estimate of drug-likeness (QED) is 0.906. The molecule has 0 aliphatic rings. The molecule has 0 saturated heterocycles.